The highest BCUT2D eigenvalue weighted by Crippen LogP contribution is 2.18. The van der Waals surface area contributed by atoms with Gasteiger partial charge in [0.1, 0.15) is 13.2 Å². The Labute approximate surface area is 192 Å². The molecule has 1 rings (SSSR count). The molecule has 0 spiro atoms. The van der Waals surface area contributed by atoms with Crippen LogP contribution >= 0.6 is 0 Å². The number of benzene rings is 1. The van der Waals surface area contributed by atoms with E-state index in [2.05, 4.69) is 6.58 Å². The first-order valence-corrected chi connectivity index (χ1v) is 10.4. The fourth-order valence-electron chi connectivity index (χ4n) is 2.46. The van der Waals surface area contributed by atoms with Crippen LogP contribution in [0.1, 0.15) is 65.7 Å². The van der Waals surface area contributed by atoms with Crippen molar-refractivity contribution in [1.82, 2.24) is 0 Å². The van der Waals surface area contributed by atoms with Crippen LogP contribution in [0.3, 0.4) is 0 Å². The fourth-order valence-corrected chi connectivity index (χ4v) is 2.46. The third-order valence-electron chi connectivity index (χ3n) is 3.94. The van der Waals surface area contributed by atoms with Crippen LogP contribution in [-0.4, -0.2) is 62.9 Å². The maximum Gasteiger partial charge on any atom is 0.341 e. The first kappa shape index (κ1) is 27.8. The number of esters is 4. The highest BCUT2D eigenvalue weighted by molar-refractivity contribution is 6.05. The summed E-state index contributed by atoms with van der Waals surface area (Å²) in [7, 11) is 0. The van der Waals surface area contributed by atoms with E-state index in [4.69, 9.17) is 28.4 Å². The van der Waals surface area contributed by atoms with Crippen molar-refractivity contribution < 1.29 is 47.6 Å². The Morgan fingerprint density at radius 2 is 1.33 bits per heavy atom. The average molecular weight is 466 g/mol. The van der Waals surface area contributed by atoms with Gasteiger partial charge in [-0.15, -0.1) is 0 Å². The lowest BCUT2D eigenvalue weighted by Crippen LogP contribution is -2.23. The minimum Gasteiger partial charge on any atom is -0.459 e. The summed E-state index contributed by atoms with van der Waals surface area (Å²) >= 11 is 0. The molecule has 0 heterocycles. The van der Waals surface area contributed by atoms with Crippen molar-refractivity contribution in [3.05, 3.63) is 47.0 Å². The second-order valence-electron chi connectivity index (χ2n) is 6.67. The molecule has 10 nitrogen and oxygen atoms in total. The number of hydrogen-bond acceptors (Lipinski definition) is 10. The summed E-state index contributed by atoms with van der Waals surface area (Å²) in [6.07, 6.45) is -1.73. The molecule has 2 atom stereocenters. The van der Waals surface area contributed by atoms with Crippen molar-refractivity contribution in [2.75, 3.05) is 26.4 Å². The monoisotopic (exact) mass is 466 g/mol. The molecule has 0 aliphatic carbocycles. The first-order valence-electron chi connectivity index (χ1n) is 10.4. The van der Waals surface area contributed by atoms with Crippen LogP contribution in [-0.2, 0) is 33.2 Å². The summed E-state index contributed by atoms with van der Waals surface area (Å²) in [6, 6.07) is 3.71. The predicted molar refractivity (Wildman–Crippen MR) is 116 cm³/mol. The van der Waals surface area contributed by atoms with Crippen molar-refractivity contribution in [2.45, 2.75) is 47.2 Å². The van der Waals surface area contributed by atoms with E-state index in [-0.39, 0.29) is 35.5 Å². The highest BCUT2D eigenvalue weighted by Gasteiger charge is 2.25. The van der Waals surface area contributed by atoms with Gasteiger partial charge in [-0.2, -0.15) is 0 Å². The zero-order chi connectivity index (χ0) is 25.0. The molecular weight excluding hydrogens is 436 g/mol. The lowest BCUT2D eigenvalue weighted by Gasteiger charge is -2.17. The van der Waals surface area contributed by atoms with Crippen LogP contribution in [0.2, 0.25) is 0 Å². The van der Waals surface area contributed by atoms with Gasteiger partial charge in [-0.05, 0) is 52.8 Å². The van der Waals surface area contributed by atoms with E-state index < -0.39 is 36.5 Å². The summed E-state index contributed by atoms with van der Waals surface area (Å²) in [6.45, 7) is 11.7. The summed E-state index contributed by atoms with van der Waals surface area (Å²) in [4.78, 5) is 49.0. The zero-order valence-corrected chi connectivity index (χ0v) is 19.5. The van der Waals surface area contributed by atoms with Crippen LogP contribution < -0.4 is 0 Å². The number of hydrogen-bond donors (Lipinski definition) is 0. The van der Waals surface area contributed by atoms with Gasteiger partial charge in [0, 0.05) is 18.8 Å². The third kappa shape index (κ3) is 9.42. The van der Waals surface area contributed by atoms with E-state index in [1.54, 1.807) is 13.8 Å². The summed E-state index contributed by atoms with van der Waals surface area (Å²) < 4.78 is 30.6. The Morgan fingerprint density at radius 3 is 1.85 bits per heavy atom. The van der Waals surface area contributed by atoms with E-state index in [9.17, 15) is 19.2 Å². The molecule has 2 unspecified atom stereocenters. The Bertz CT molecular complexity index is 861. The van der Waals surface area contributed by atoms with Crippen LogP contribution in [0.5, 0.6) is 0 Å². The lowest BCUT2D eigenvalue weighted by atomic mass is 10.0. The van der Waals surface area contributed by atoms with E-state index in [1.165, 1.54) is 32.9 Å². The Balaban J connectivity index is 3.03. The largest absolute Gasteiger partial charge is 0.459 e. The number of ether oxygens (including phenoxy) is 6. The van der Waals surface area contributed by atoms with Crippen LogP contribution in [0.4, 0.5) is 0 Å². The number of carbonyl (C=O) groups excluding carboxylic acids is 4. The SMILES string of the molecule is C=C(C)C(=O)OCCOC(=O)c1ccc(C(=O)OC(C)OCC)c(C(=O)OC(C)OCC)c1. The van der Waals surface area contributed by atoms with Crippen molar-refractivity contribution in [3.8, 4) is 0 Å². The number of carbonyl (C=O) groups is 4. The first-order chi connectivity index (χ1) is 15.6. The van der Waals surface area contributed by atoms with Crippen molar-refractivity contribution in [3.63, 3.8) is 0 Å². The lowest BCUT2D eigenvalue weighted by molar-refractivity contribution is -0.140. The molecule has 0 aromatic heterocycles. The van der Waals surface area contributed by atoms with Gasteiger partial charge in [-0.1, -0.05) is 6.58 Å². The van der Waals surface area contributed by atoms with Crippen molar-refractivity contribution in [1.29, 1.82) is 0 Å². The molecule has 33 heavy (non-hydrogen) atoms. The standard InChI is InChI=1S/C23H30O10/c1-7-28-15(5)32-22(26)18-10-9-17(13-19(18)23(27)33-16(6)29-8-2)21(25)31-12-11-30-20(24)14(3)4/h9-10,13,15-16H,3,7-8,11-12H2,1-2,4-6H3. The molecule has 0 fully saturated rings. The molecule has 0 saturated heterocycles. The maximum absolute atomic E-state index is 12.7. The Hall–Kier alpha value is -3.24. The fraction of sp³-hybridized carbons (Fsp3) is 0.478. The minimum atomic E-state index is -0.892. The molecule has 1 aromatic carbocycles. The zero-order valence-electron chi connectivity index (χ0n) is 19.5. The normalized spacial score (nSPS) is 12.3. The number of rotatable bonds is 13. The van der Waals surface area contributed by atoms with E-state index in [0.717, 1.165) is 6.07 Å². The minimum absolute atomic E-state index is 0.0216. The molecule has 0 radical (unpaired) electrons. The Kier molecular flexibility index (Phi) is 11.8. The van der Waals surface area contributed by atoms with E-state index in [1.807, 2.05) is 0 Å². The van der Waals surface area contributed by atoms with Gasteiger partial charge in [0.2, 0.25) is 0 Å². The van der Waals surface area contributed by atoms with Gasteiger partial charge >= 0.3 is 23.9 Å². The van der Waals surface area contributed by atoms with Crippen LogP contribution in [0.25, 0.3) is 0 Å². The van der Waals surface area contributed by atoms with Crippen LogP contribution in [0, 0.1) is 0 Å². The topological polar surface area (TPSA) is 124 Å². The molecule has 0 N–H and O–H groups in total. The van der Waals surface area contributed by atoms with Crippen molar-refractivity contribution >= 4 is 23.9 Å². The van der Waals surface area contributed by atoms with Crippen LogP contribution in [0.15, 0.2) is 30.4 Å². The predicted octanol–water partition coefficient (Wildman–Crippen LogP) is 3.04. The highest BCUT2D eigenvalue weighted by atomic mass is 16.7. The molecule has 10 heteroatoms. The summed E-state index contributed by atoms with van der Waals surface area (Å²) in [5, 5.41) is 0. The molecule has 0 saturated carbocycles. The third-order valence-corrected chi connectivity index (χ3v) is 3.94. The average Bonchev–Trinajstić information content (AvgIpc) is 2.75. The van der Waals surface area contributed by atoms with Gasteiger partial charge < -0.3 is 28.4 Å². The Morgan fingerprint density at radius 1 is 0.818 bits per heavy atom. The van der Waals surface area contributed by atoms with Crippen molar-refractivity contribution in [2.24, 2.45) is 0 Å². The molecule has 1 aromatic rings. The molecule has 0 bridgehead atoms. The maximum atomic E-state index is 12.7. The molecule has 0 aliphatic rings. The second-order valence-corrected chi connectivity index (χ2v) is 6.67. The smallest absolute Gasteiger partial charge is 0.341 e. The van der Waals surface area contributed by atoms with Gasteiger partial charge in [0.15, 0.2) is 12.6 Å². The van der Waals surface area contributed by atoms with E-state index >= 15 is 0 Å². The molecule has 182 valence electrons. The van der Waals surface area contributed by atoms with Gasteiger partial charge in [-0.3, -0.25) is 0 Å². The van der Waals surface area contributed by atoms with E-state index in [0.29, 0.717) is 13.2 Å². The summed E-state index contributed by atoms with van der Waals surface area (Å²) in [5.41, 5.74) is -0.140. The molecular formula is C23H30O10. The summed E-state index contributed by atoms with van der Waals surface area (Å²) in [5.74, 6) is -3.13. The molecule has 0 amide bonds. The van der Waals surface area contributed by atoms with Gasteiger partial charge in [0.25, 0.3) is 0 Å². The second kappa shape index (κ2) is 14.0. The van der Waals surface area contributed by atoms with Gasteiger partial charge in [-0.25, -0.2) is 19.2 Å². The quantitative estimate of drug-likeness (QED) is 0.141. The molecule has 0 aliphatic heterocycles. The van der Waals surface area contributed by atoms with Gasteiger partial charge in [0.05, 0.1) is 16.7 Å².